The Morgan fingerprint density at radius 1 is 1.14 bits per heavy atom. The fourth-order valence-corrected chi connectivity index (χ4v) is 4.62. The summed E-state index contributed by atoms with van der Waals surface area (Å²) >= 11 is 0. The molecule has 0 aromatic rings. The minimum Gasteiger partial charge on any atom is -0.314 e. The maximum absolute atomic E-state index is 12.4. The zero-order chi connectivity index (χ0) is 16.1. The van der Waals surface area contributed by atoms with E-state index in [1.165, 1.54) is 0 Å². The van der Waals surface area contributed by atoms with Gasteiger partial charge in [0.15, 0.2) is 0 Å². The van der Waals surface area contributed by atoms with E-state index < -0.39 is 10.0 Å². The quantitative estimate of drug-likeness (QED) is 0.785. The third-order valence-corrected chi connectivity index (χ3v) is 6.34. The maximum Gasteiger partial charge on any atom is 0.214 e. The highest BCUT2D eigenvalue weighted by Crippen LogP contribution is 2.26. The summed E-state index contributed by atoms with van der Waals surface area (Å²) in [5, 5.41) is 3.55. The lowest BCUT2D eigenvalue weighted by atomic mass is 9.91. The Hall–Kier alpha value is -0.130. The molecule has 0 aliphatic heterocycles. The molecule has 0 spiro atoms. The van der Waals surface area contributed by atoms with E-state index in [0.29, 0.717) is 12.5 Å². The van der Waals surface area contributed by atoms with Gasteiger partial charge in [0, 0.05) is 19.1 Å². The Bertz CT molecular complexity index is 393. The largest absolute Gasteiger partial charge is 0.314 e. The number of hydrogen-bond donors (Lipinski definition) is 1. The lowest BCUT2D eigenvalue weighted by Gasteiger charge is -2.34. The molecule has 0 saturated heterocycles. The van der Waals surface area contributed by atoms with Crippen molar-refractivity contribution in [1.29, 1.82) is 0 Å². The summed E-state index contributed by atoms with van der Waals surface area (Å²) in [6.45, 7) is 9.51. The van der Waals surface area contributed by atoms with Crippen molar-refractivity contribution in [3.8, 4) is 0 Å². The highest BCUT2D eigenvalue weighted by Gasteiger charge is 2.30. The molecule has 1 saturated carbocycles. The first-order valence-electron chi connectivity index (χ1n) is 8.35. The number of rotatable bonds is 7. The second kappa shape index (κ2) is 7.93. The van der Waals surface area contributed by atoms with E-state index >= 15 is 0 Å². The number of sulfonamides is 1. The first-order valence-corrected chi connectivity index (χ1v) is 9.96. The molecule has 0 unspecified atom stereocenters. The molecule has 126 valence electrons. The van der Waals surface area contributed by atoms with E-state index in [1.807, 2.05) is 0 Å². The van der Waals surface area contributed by atoms with E-state index in [0.717, 1.165) is 38.6 Å². The lowest BCUT2D eigenvalue weighted by Crippen LogP contribution is -2.44. The molecule has 0 aromatic carbocycles. The summed E-state index contributed by atoms with van der Waals surface area (Å²) in [5.41, 5.74) is 0.0651. The zero-order valence-corrected chi connectivity index (χ0v) is 15.3. The molecular weight excluding hydrogens is 284 g/mol. The van der Waals surface area contributed by atoms with E-state index in [9.17, 15) is 8.42 Å². The molecule has 0 amide bonds. The minimum atomic E-state index is -3.11. The standard InChI is InChI=1S/C16H34N2O2S/c1-6-12-17-14-7-9-15(10-8-14)18(5)21(19,20)13-11-16(2,3)4/h14-15,17H,6-13H2,1-5H3. The SMILES string of the molecule is CCCNC1CCC(N(C)S(=O)(=O)CCC(C)(C)C)CC1. The molecule has 1 aliphatic carbocycles. The highest BCUT2D eigenvalue weighted by molar-refractivity contribution is 7.89. The van der Waals surface area contributed by atoms with Gasteiger partial charge in [0.25, 0.3) is 0 Å². The topological polar surface area (TPSA) is 49.4 Å². The van der Waals surface area contributed by atoms with Crippen LogP contribution < -0.4 is 5.32 Å². The molecule has 0 radical (unpaired) electrons. The predicted molar refractivity (Wildman–Crippen MR) is 90.0 cm³/mol. The molecule has 1 N–H and O–H groups in total. The molecule has 0 bridgehead atoms. The summed E-state index contributed by atoms with van der Waals surface area (Å²) < 4.78 is 26.5. The van der Waals surface area contributed by atoms with Crippen LogP contribution in [0.15, 0.2) is 0 Å². The Morgan fingerprint density at radius 2 is 1.71 bits per heavy atom. The van der Waals surface area contributed by atoms with Crippen molar-refractivity contribution in [1.82, 2.24) is 9.62 Å². The molecule has 21 heavy (non-hydrogen) atoms. The van der Waals surface area contributed by atoms with Crippen molar-refractivity contribution in [2.45, 2.75) is 78.3 Å². The monoisotopic (exact) mass is 318 g/mol. The molecule has 4 nitrogen and oxygen atoms in total. The first-order chi connectivity index (χ1) is 9.65. The second-order valence-electron chi connectivity index (χ2n) is 7.60. The highest BCUT2D eigenvalue weighted by atomic mass is 32.2. The van der Waals surface area contributed by atoms with Gasteiger partial charge in [-0.3, -0.25) is 0 Å². The van der Waals surface area contributed by atoms with Crippen molar-refractivity contribution >= 4 is 10.0 Å². The fraction of sp³-hybridized carbons (Fsp3) is 1.00. The summed E-state index contributed by atoms with van der Waals surface area (Å²) in [5.74, 6) is 0.265. The van der Waals surface area contributed by atoms with Crippen LogP contribution >= 0.6 is 0 Å². The van der Waals surface area contributed by atoms with Crippen molar-refractivity contribution < 1.29 is 8.42 Å². The fourth-order valence-electron chi connectivity index (χ4n) is 2.80. The van der Waals surface area contributed by atoms with Gasteiger partial charge in [-0.2, -0.15) is 0 Å². The molecular formula is C16H34N2O2S. The Kier molecular flexibility index (Phi) is 7.14. The van der Waals surface area contributed by atoms with Crippen LogP contribution in [0.5, 0.6) is 0 Å². The molecule has 1 aliphatic rings. The summed E-state index contributed by atoms with van der Waals surface area (Å²) in [4.78, 5) is 0. The average molecular weight is 319 g/mol. The molecule has 1 rings (SSSR count). The zero-order valence-electron chi connectivity index (χ0n) is 14.5. The normalized spacial score (nSPS) is 24.5. The van der Waals surface area contributed by atoms with Gasteiger partial charge in [-0.25, -0.2) is 12.7 Å². The van der Waals surface area contributed by atoms with Gasteiger partial charge in [-0.1, -0.05) is 27.7 Å². The van der Waals surface area contributed by atoms with Crippen LogP contribution in [0.4, 0.5) is 0 Å². The van der Waals surface area contributed by atoms with Crippen LogP contribution in [-0.4, -0.2) is 44.2 Å². The average Bonchev–Trinajstić information content (AvgIpc) is 2.42. The Morgan fingerprint density at radius 3 is 2.19 bits per heavy atom. The second-order valence-corrected chi connectivity index (χ2v) is 9.75. The molecule has 0 heterocycles. The van der Waals surface area contributed by atoms with Crippen molar-refractivity contribution in [2.24, 2.45) is 5.41 Å². The van der Waals surface area contributed by atoms with E-state index in [2.05, 4.69) is 33.0 Å². The molecule has 0 aromatic heterocycles. The smallest absolute Gasteiger partial charge is 0.214 e. The van der Waals surface area contributed by atoms with Gasteiger partial charge in [-0.05, 0) is 50.5 Å². The van der Waals surface area contributed by atoms with E-state index in [-0.39, 0.29) is 17.2 Å². The van der Waals surface area contributed by atoms with Crippen LogP contribution in [0.25, 0.3) is 0 Å². The lowest BCUT2D eigenvalue weighted by molar-refractivity contribution is 0.248. The predicted octanol–water partition coefficient (Wildman–Crippen LogP) is 3.00. The van der Waals surface area contributed by atoms with Crippen LogP contribution in [-0.2, 0) is 10.0 Å². The van der Waals surface area contributed by atoms with Crippen LogP contribution in [0.1, 0.15) is 66.2 Å². The third kappa shape index (κ3) is 6.66. The summed E-state index contributed by atoms with van der Waals surface area (Å²) in [6, 6.07) is 0.765. The van der Waals surface area contributed by atoms with Gasteiger partial charge in [0.05, 0.1) is 5.75 Å². The van der Waals surface area contributed by atoms with Crippen molar-refractivity contribution in [3.63, 3.8) is 0 Å². The molecule has 1 fully saturated rings. The number of hydrogen-bond acceptors (Lipinski definition) is 3. The summed E-state index contributed by atoms with van der Waals surface area (Å²) in [7, 11) is -1.35. The first kappa shape index (κ1) is 18.9. The molecule has 5 heteroatoms. The van der Waals surface area contributed by atoms with Gasteiger partial charge in [0.2, 0.25) is 10.0 Å². The molecule has 0 atom stereocenters. The summed E-state index contributed by atoms with van der Waals surface area (Å²) in [6.07, 6.45) is 6.00. The van der Waals surface area contributed by atoms with Gasteiger partial charge in [0.1, 0.15) is 0 Å². The third-order valence-electron chi connectivity index (χ3n) is 4.44. The minimum absolute atomic E-state index is 0.0651. The Labute approximate surface area is 131 Å². The van der Waals surface area contributed by atoms with Crippen LogP contribution in [0.3, 0.4) is 0 Å². The van der Waals surface area contributed by atoms with Crippen molar-refractivity contribution in [3.05, 3.63) is 0 Å². The number of nitrogens with zero attached hydrogens (tertiary/aromatic N) is 1. The van der Waals surface area contributed by atoms with Gasteiger partial charge in [-0.15, -0.1) is 0 Å². The van der Waals surface area contributed by atoms with Crippen LogP contribution in [0, 0.1) is 5.41 Å². The maximum atomic E-state index is 12.4. The Balaban J connectivity index is 2.47. The van der Waals surface area contributed by atoms with Crippen LogP contribution in [0.2, 0.25) is 0 Å². The van der Waals surface area contributed by atoms with Crippen molar-refractivity contribution in [2.75, 3.05) is 19.3 Å². The van der Waals surface area contributed by atoms with Gasteiger partial charge >= 0.3 is 0 Å². The number of nitrogens with one attached hydrogen (secondary N) is 1. The van der Waals surface area contributed by atoms with E-state index in [4.69, 9.17) is 0 Å². The van der Waals surface area contributed by atoms with Gasteiger partial charge < -0.3 is 5.32 Å². The van der Waals surface area contributed by atoms with E-state index in [1.54, 1.807) is 11.4 Å².